The van der Waals surface area contributed by atoms with Gasteiger partial charge in [0, 0.05) is 38.3 Å². The number of ether oxygens (including phenoxy) is 1. The molecule has 2 aliphatic heterocycles. The minimum absolute atomic E-state index is 0.296. The van der Waals surface area contributed by atoms with Gasteiger partial charge in [0.15, 0.2) is 0 Å². The molecule has 1 saturated heterocycles. The normalized spacial score (nSPS) is 21.9. The van der Waals surface area contributed by atoms with E-state index in [-0.39, 0.29) is 0 Å². The first-order chi connectivity index (χ1) is 13.4. The van der Waals surface area contributed by atoms with E-state index < -0.39 is 10.0 Å². The Balaban J connectivity index is 1.61. The summed E-state index contributed by atoms with van der Waals surface area (Å²) in [6.45, 7) is 11.2. The summed E-state index contributed by atoms with van der Waals surface area (Å²) < 4.78 is 32.9. The van der Waals surface area contributed by atoms with E-state index in [4.69, 9.17) is 4.74 Å². The van der Waals surface area contributed by atoms with Crippen LogP contribution in [0.5, 0.6) is 5.75 Å². The fourth-order valence-corrected chi connectivity index (χ4v) is 5.16. The van der Waals surface area contributed by atoms with Gasteiger partial charge in [0.05, 0.1) is 7.11 Å². The Morgan fingerprint density at radius 3 is 2.36 bits per heavy atom. The van der Waals surface area contributed by atoms with E-state index in [9.17, 15) is 8.42 Å². The number of amidine groups is 1. The zero-order valence-corrected chi connectivity index (χ0v) is 17.8. The number of nitrogens with zero attached hydrogens (tertiary/aromatic N) is 3. The van der Waals surface area contributed by atoms with Crippen LogP contribution in [0.15, 0.2) is 34.8 Å². The Kier molecular flexibility index (Phi) is 6.74. The average molecular weight is 407 g/mol. The fourth-order valence-electron chi connectivity index (χ4n) is 3.64. The molecule has 0 unspecified atom stereocenters. The van der Waals surface area contributed by atoms with Crippen molar-refractivity contribution in [3.05, 3.63) is 35.4 Å². The van der Waals surface area contributed by atoms with Gasteiger partial charge in [-0.3, -0.25) is 9.71 Å². The molecule has 0 amide bonds. The molecule has 154 valence electrons. The minimum Gasteiger partial charge on any atom is -0.497 e. The zero-order valence-electron chi connectivity index (χ0n) is 16.9. The summed E-state index contributed by atoms with van der Waals surface area (Å²) in [6, 6.07) is 7.04. The topological polar surface area (TPSA) is 74.2 Å². The Morgan fingerprint density at radius 2 is 1.75 bits per heavy atom. The van der Waals surface area contributed by atoms with E-state index in [1.165, 1.54) is 0 Å². The smallest absolute Gasteiger partial charge is 0.264 e. The third kappa shape index (κ3) is 4.74. The van der Waals surface area contributed by atoms with E-state index in [1.807, 2.05) is 0 Å². The lowest BCUT2D eigenvalue weighted by Gasteiger charge is -2.33. The summed E-state index contributed by atoms with van der Waals surface area (Å²) in [4.78, 5) is 9.74. The summed E-state index contributed by atoms with van der Waals surface area (Å²) in [7, 11) is -2.00. The first-order valence-corrected chi connectivity index (χ1v) is 11.3. The number of piperazine rings is 1. The predicted molar refractivity (Wildman–Crippen MR) is 113 cm³/mol. The van der Waals surface area contributed by atoms with Gasteiger partial charge in [-0.2, -0.15) is 0 Å². The van der Waals surface area contributed by atoms with E-state index in [0.717, 1.165) is 45.7 Å². The molecule has 0 bridgehead atoms. The lowest BCUT2D eigenvalue weighted by molar-refractivity contribution is 0.137. The number of hydrogen-bond acceptors (Lipinski definition) is 6. The van der Waals surface area contributed by atoms with Crippen molar-refractivity contribution in [2.24, 2.45) is 4.99 Å². The monoisotopic (exact) mass is 406 g/mol. The molecule has 0 spiro atoms. The number of methoxy groups -OCH3 is 1. The van der Waals surface area contributed by atoms with Crippen LogP contribution in [0.2, 0.25) is 0 Å². The van der Waals surface area contributed by atoms with Gasteiger partial charge in [-0.1, -0.05) is 6.92 Å². The SMILES string of the molecule is CCN1CCN(CCCN=C2NS(=O)(=O)C(c3ccc(OC)cc3)=C2C)CC1. The molecule has 0 aliphatic carbocycles. The minimum atomic E-state index is -3.58. The van der Waals surface area contributed by atoms with Crippen LogP contribution in [0.1, 0.15) is 25.8 Å². The quantitative estimate of drug-likeness (QED) is 0.699. The molecule has 7 nitrogen and oxygen atoms in total. The van der Waals surface area contributed by atoms with E-state index >= 15 is 0 Å². The third-order valence-electron chi connectivity index (χ3n) is 5.36. The number of nitrogens with one attached hydrogen (secondary N) is 1. The van der Waals surface area contributed by atoms with Gasteiger partial charge in [-0.25, -0.2) is 8.42 Å². The van der Waals surface area contributed by atoms with Crippen molar-refractivity contribution in [3.63, 3.8) is 0 Å². The Labute approximate surface area is 168 Å². The summed E-state index contributed by atoms with van der Waals surface area (Å²) in [6.07, 6.45) is 0.919. The van der Waals surface area contributed by atoms with Crippen LogP contribution >= 0.6 is 0 Å². The lowest BCUT2D eigenvalue weighted by Crippen LogP contribution is -2.46. The molecule has 0 aromatic heterocycles. The Morgan fingerprint density at radius 1 is 1.11 bits per heavy atom. The Hall–Kier alpha value is -1.90. The second kappa shape index (κ2) is 9.07. The molecular weight excluding hydrogens is 376 g/mol. The molecule has 0 atom stereocenters. The van der Waals surface area contributed by atoms with Gasteiger partial charge >= 0.3 is 0 Å². The van der Waals surface area contributed by atoms with Crippen molar-refractivity contribution in [2.75, 3.05) is 52.9 Å². The van der Waals surface area contributed by atoms with Crippen LogP contribution in [0, 0.1) is 0 Å². The van der Waals surface area contributed by atoms with Gasteiger partial charge in [0.2, 0.25) is 0 Å². The van der Waals surface area contributed by atoms with Crippen molar-refractivity contribution in [2.45, 2.75) is 20.3 Å². The van der Waals surface area contributed by atoms with Gasteiger partial charge in [-0.05, 0) is 56.3 Å². The van der Waals surface area contributed by atoms with E-state index in [1.54, 1.807) is 38.3 Å². The van der Waals surface area contributed by atoms with Crippen molar-refractivity contribution in [3.8, 4) is 5.75 Å². The fraction of sp³-hybridized carbons (Fsp3) is 0.550. The van der Waals surface area contributed by atoms with Crippen LogP contribution in [0.25, 0.3) is 4.91 Å². The van der Waals surface area contributed by atoms with Gasteiger partial charge in [0.25, 0.3) is 10.0 Å². The van der Waals surface area contributed by atoms with Crippen molar-refractivity contribution >= 4 is 20.8 Å². The summed E-state index contributed by atoms with van der Waals surface area (Å²) >= 11 is 0. The first-order valence-electron chi connectivity index (χ1n) is 9.82. The number of aliphatic imine (C=N–C) groups is 1. The molecule has 2 heterocycles. The molecule has 1 aromatic rings. The number of hydrogen-bond donors (Lipinski definition) is 1. The van der Waals surface area contributed by atoms with Gasteiger partial charge < -0.3 is 14.5 Å². The van der Waals surface area contributed by atoms with Crippen molar-refractivity contribution < 1.29 is 13.2 Å². The molecule has 3 rings (SSSR count). The molecular formula is C20H30N4O3S. The van der Waals surface area contributed by atoms with Gasteiger partial charge in [0.1, 0.15) is 16.5 Å². The van der Waals surface area contributed by atoms with Crippen molar-refractivity contribution in [1.82, 2.24) is 14.5 Å². The number of rotatable bonds is 7. The first kappa shape index (κ1) is 20.8. The lowest BCUT2D eigenvalue weighted by atomic mass is 10.1. The standard InChI is InChI=1S/C20H30N4O3S/c1-4-23-12-14-24(15-13-23)11-5-10-21-20-16(2)19(28(25,26)22-20)17-6-8-18(27-3)9-7-17/h6-9H,4-5,10-15H2,1-3H3,(H,21,22). The predicted octanol–water partition coefficient (Wildman–Crippen LogP) is 1.79. The maximum Gasteiger partial charge on any atom is 0.264 e. The maximum absolute atomic E-state index is 12.6. The van der Waals surface area contributed by atoms with Crippen molar-refractivity contribution in [1.29, 1.82) is 0 Å². The average Bonchev–Trinajstić information content (AvgIpc) is 2.94. The second-order valence-corrected chi connectivity index (χ2v) is 8.77. The van der Waals surface area contributed by atoms with Crippen LogP contribution < -0.4 is 9.46 Å². The molecule has 0 saturated carbocycles. The zero-order chi connectivity index (χ0) is 20.1. The summed E-state index contributed by atoms with van der Waals surface area (Å²) in [5.74, 6) is 1.15. The van der Waals surface area contributed by atoms with Crippen LogP contribution in [0.4, 0.5) is 0 Å². The van der Waals surface area contributed by atoms with Crippen LogP contribution in [-0.4, -0.2) is 77.0 Å². The maximum atomic E-state index is 12.6. The van der Waals surface area contributed by atoms with Gasteiger partial charge in [-0.15, -0.1) is 0 Å². The molecule has 0 radical (unpaired) electrons. The highest BCUT2D eigenvalue weighted by Gasteiger charge is 2.32. The Bertz CT molecular complexity index is 839. The van der Waals surface area contributed by atoms with Crippen LogP contribution in [0.3, 0.4) is 0 Å². The highest BCUT2D eigenvalue weighted by molar-refractivity contribution is 8.00. The van der Waals surface area contributed by atoms with E-state index in [2.05, 4.69) is 26.4 Å². The number of sulfonamides is 1. The molecule has 28 heavy (non-hydrogen) atoms. The largest absolute Gasteiger partial charge is 0.497 e. The summed E-state index contributed by atoms with van der Waals surface area (Å²) in [5.41, 5.74) is 1.31. The molecule has 8 heteroatoms. The molecule has 1 N–H and O–H groups in total. The van der Waals surface area contributed by atoms with E-state index in [0.29, 0.717) is 34.2 Å². The number of benzene rings is 1. The third-order valence-corrected chi connectivity index (χ3v) is 6.90. The molecule has 1 aromatic carbocycles. The van der Waals surface area contributed by atoms with Crippen LogP contribution in [-0.2, 0) is 10.0 Å². The highest BCUT2D eigenvalue weighted by atomic mass is 32.2. The highest BCUT2D eigenvalue weighted by Crippen LogP contribution is 2.30. The summed E-state index contributed by atoms with van der Waals surface area (Å²) in [5, 5.41) is 0. The number of likely N-dealkylation sites (N-methyl/N-ethyl adjacent to an activating group) is 1. The second-order valence-electron chi connectivity index (χ2n) is 7.15. The molecule has 1 fully saturated rings. The molecule has 2 aliphatic rings.